The van der Waals surface area contributed by atoms with Crippen LogP contribution in [0.4, 0.5) is 4.79 Å². The van der Waals surface area contributed by atoms with Crippen LogP contribution in [0.5, 0.6) is 0 Å². The number of aromatic nitrogens is 1. The average molecular weight is 410 g/mol. The van der Waals surface area contributed by atoms with Crippen molar-refractivity contribution in [2.45, 2.75) is 40.8 Å². The fourth-order valence-corrected chi connectivity index (χ4v) is 3.88. The molecule has 0 aliphatic carbocycles. The molecule has 29 heavy (non-hydrogen) atoms. The number of pyridine rings is 1. The van der Waals surface area contributed by atoms with Crippen LogP contribution in [0.2, 0.25) is 5.15 Å². The fraction of sp³-hybridized carbons (Fsp3) is 0.333. The number of nitrogens with zero attached hydrogens (tertiary/aromatic N) is 3. The molecule has 0 spiro atoms. The Hall–Kier alpha value is -2.59. The van der Waals surface area contributed by atoms with Gasteiger partial charge in [-0.05, 0) is 51.0 Å². The minimum atomic E-state index is 0.00967. The molecule has 4 nitrogen and oxygen atoms in total. The summed E-state index contributed by atoms with van der Waals surface area (Å²) in [5, 5.41) is 1.51. The highest BCUT2D eigenvalue weighted by Gasteiger charge is 2.21. The van der Waals surface area contributed by atoms with Crippen LogP contribution >= 0.6 is 11.6 Å². The number of carbonyl (C=O) groups is 1. The van der Waals surface area contributed by atoms with E-state index in [-0.39, 0.29) is 6.03 Å². The normalized spacial score (nSPS) is 10.9. The minimum absolute atomic E-state index is 0.00967. The van der Waals surface area contributed by atoms with Gasteiger partial charge in [0, 0.05) is 30.6 Å². The quantitative estimate of drug-likeness (QED) is 0.470. The molecule has 0 saturated heterocycles. The third-order valence-corrected chi connectivity index (χ3v) is 5.49. The van der Waals surface area contributed by atoms with Gasteiger partial charge in [-0.2, -0.15) is 0 Å². The zero-order valence-corrected chi connectivity index (χ0v) is 18.3. The molecular formula is C24H28ClN3O. The Morgan fingerprint density at radius 1 is 0.966 bits per heavy atom. The first-order chi connectivity index (χ1) is 13.9. The van der Waals surface area contributed by atoms with Crippen LogP contribution in [-0.2, 0) is 13.1 Å². The minimum Gasteiger partial charge on any atom is -0.325 e. The van der Waals surface area contributed by atoms with Gasteiger partial charge in [0.25, 0.3) is 0 Å². The standard InChI is InChI=1S/C24H28ClN3O/c1-5-27(6-2)24(29)28(15-19-10-8-7-9-11-19)16-21-14-20-13-17(3)12-18(4)22(20)26-23(21)25/h7-14H,5-6,15-16H2,1-4H3. The molecule has 1 aromatic heterocycles. The lowest BCUT2D eigenvalue weighted by Crippen LogP contribution is -2.42. The Morgan fingerprint density at radius 3 is 2.31 bits per heavy atom. The van der Waals surface area contributed by atoms with Gasteiger partial charge in [0.2, 0.25) is 0 Å². The Morgan fingerprint density at radius 2 is 1.66 bits per heavy atom. The van der Waals surface area contributed by atoms with Crippen LogP contribution in [0.1, 0.15) is 36.1 Å². The maximum Gasteiger partial charge on any atom is 0.320 e. The fourth-order valence-electron chi connectivity index (χ4n) is 3.68. The summed E-state index contributed by atoms with van der Waals surface area (Å²) >= 11 is 6.55. The van der Waals surface area contributed by atoms with E-state index in [0.29, 0.717) is 31.3 Å². The van der Waals surface area contributed by atoms with E-state index in [2.05, 4.69) is 30.1 Å². The van der Waals surface area contributed by atoms with Gasteiger partial charge in [0.05, 0.1) is 12.1 Å². The molecule has 3 rings (SSSR count). The first-order valence-electron chi connectivity index (χ1n) is 10.1. The third-order valence-electron chi connectivity index (χ3n) is 5.16. The summed E-state index contributed by atoms with van der Waals surface area (Å²) in [5.41, 5.74) is 5.15. The average Bonchev–Trinajstić information content (AvgIpc) is 2.70. The van der Waals surface area contributed by atoms with Gasteiger partial charge in [-0.3, -0.25) is 0 Å². The lowest BCUT2D eigenvalue weighted by atomic mass is 10.1. The zero-order chi connectivity index (χ0) is 21.0. The van der Waals surface area contributed by atoms with Crippen LogP contribution in [0, 0.1) is 13.8 Å². The van der Waals surface area contributed by atoms with E-state index in [9.17, 15) is 4.79 Å². The van der Waals surface area contributed by atoms with E-state index in [1.54, 1.807) is 0 Å². The molecule has 0 fully saturated rings. The van der Waals surface area contributed by atoms with E-state index in [4.69, 9.17) is 11.6 Å². The van der Waals surface area contributed by atoms with Gasteiger partial charge < -0.3 is 9.80 Å². The van der Waals surface area contributed by atoms with Crippen molar-refractivity contribution in [1.29, 1.82) is 0 Å². The largest absolute Gasteiger partial charge is 0.325 e. The van der Waals surface area contributed by atoms with Gasteiger partial charge in [-0.25, -0.2) is 9.78 Å². The third kappa shape index (κ3) is 4.88. The van der Waals surface area contributed by atoms with Crippen LogP contribution < -0.4 is 0 Å². The van der Waals surface area contributed by atoms with E-state index in [0.717, 1.165) is 27.6 Å². The second-order valence-electron chi connectivity index (χ2n) is 7.39. The Kier molecular flexibility index (Phi) is 6.75. The number of benzene rings is 2. The number of rotatable bonds is 6. The molecule has 2 amide bonds. The van der Waals surface area contributed by atoms with Crippen LogP contribution in [0.15, 0.2) is 48.5 Å². The smallest absolute Gasteiger partial charge is 0.320 e. The second kappa shape index (κ2) is 9.27. The Labute approximate surface area is 178 Å². The van der Waals surface area contributed by atoms with Crippen molar-refractivity contribution in [3.63, 3.8) is 0 Å². The number of amides is 2. The van der Waals surface area contributed by atoms with E-state index in [1.807, 2.05) is 60.9 Å². The van der Waals surface area contributed by atoms with Gasteiger partial charge in [0.1, 0.15) is 5.15 Å². The van der Waals surface area contributed by atoms with Crippen molar-refractivity contribution >= 4 is 28.5 Å². The Bertz CT molecular complexity index is 1000. The second-order valence-corrected chi connectivity index (χ2v) is 7.75. The maximum absolute atomic E-state index is 13.2. The van der Waals surface area contributed by atoms with Crippen LogP contribution in [-0.4, -0.2) is 33.9 Å². The number of fused-ring (bicyclic) bond motifs is 1. The Balaban J connectivity index is 1.98. The summed E-state index contributed by atoms with van der Waals surface area (Å²) in [4.78, 5) is 21.5. The number of aryl methyl sites for hydroxylation is 2. The van der Waals surface area contributed by atoms with Gasteiger partial charge in [-0.1, -0.05) is 53.6 Å². The molecule has 0 aliphatic heterocycles. The monoisotopic (exact) mass is 409 g/mol. The van der Waals surface area contributed by atoms with Crippen molar-refractivity contribution < 1.29 is 4.79 Å². The van der Waals surface area contributed by atoms with Crippen molar-refractivity contribution in [2.24, 2.45) is 0 Å². The molecular weight excluding hydrogens is 382 g/mol. The number of urea groups is 1. The molecule has 2 aromatic carbocycles. The van der Waals surface area contributed by atoms with E-state index >= 15 is 0 Å². The molecule has 5 heteroatoms. The molecule has 0 bridgehead atoms. The van der Waals surface area contributed by atoms with Crippen molar-refractivity contribution in [2.75, 3.05) is 13.1 Å². The topological polar surface area (TPSA) is 36.4 Å². The molecule has 0 radical (unpaired) electrons. The van der Waals surface area contributed by atoms with Crippen molar-refractivity contribution in [3.05, 3.63) is 75.9 Å². The summed E-state index contributed by atoms with van der Waals surface area (Å²) in [7, 11) is 0. The van der Waals surface area contributed by atoms with Crippen LogP contribution in [0.3, 0.4) is 0 Å². The molecule has 0 aliphatic rings. The highest BCUT2D eigenvalue weighted by atomic mass is 35.5. The van der Waals surface area contributed by atoms with Gasteiger partial charge in [-0.15, -0.1) is 0 Å². The molecule has 0 atom stereocenters. The first kappa shape index (κ1) is 21.1. The highest BCUT2D eigenvalue weighted by Crippen LogP contribution is 2.26. The summed E-state index contributed by atoms with van der Waals surface area (Å²) in [6.45, 7) is 10.4. The lowest BCUT2D eigenvalue weighted by Gasteiger charge is -2.30. The predicted molar refractivity (Wildman–Crippen MR) is 120 cm³/mol. The SMILES string of the molecule is CCN(CC)C(=O)N(Cc1ccccc1)Cc1cc2cc(C)cc(C)c2nc1Cl. The van der Waals surface area contributed by atoms with E-state index < -0.39 is 0 Å². The molecule has 1 heterocycles. The van der Waals surface area contributed by atoms with E-state index in [1.165, 1.54) is 5.56 Å². The summed E-state index contributed by atoms with van der Waals surface area (Å²) in [6, 6.07) is 16.3. The molecule has 0 saturated carbocycles. The molecule has 152 valence electrons. The number of hydrogen-bond donors (Lipinski definition) is 0. The molecule has 0 unspecified atom stereocenters. The number of halogens is 1. The van der Waals surface area contributed by atoms with Crippen molar-refractivity contribution in [3.8, 4) is 0 Å². The highest BCUT2D eigenvalue weighted by molar-refractivity contribution is 6.30. The van der Waals surface area contributed by atoms with Gasteiger partial charge in [0.15, 0.2) is 0 Å². The number of hydrogen-bond acceptors (Lipinski definition) is 2. The maximum atomic E-state index is 13.2. The summed E-state index contributed by atoms with van der Waals surface area (Å²) < 4.78 is 0. The first-order valence-corrected chi connectivity index (χ1v) is 10.4. The number of carbonyl (C=O) groups excluding carboxylic acids is 1. The predicted octanol–water partition coefficient (Wildman–Crippen LogP) is 5.97. The zero-order valence-electron chi connectivity index (χ0n) is 17.6. The molecule has 3 aromatic rings. The van der Waals surface area contributed by atoms with Crippen molar-refractivity contribution in [1.82, 2.24) is 14.8 Å². The summed E-state index contributed by atoms with van der Waals surface area (Å²) in [5.74, 6) is 0. The van der Waals surface area contributed by atoms with Gasteiger partial charge >= 0.3 is 6.03 Å². The summed E-state index contributed by atoms with van der Waals surface area (Å²) in [6.07, 6.45) is 0. The lowest BCUT2D eigenvalue weighted by molar-refractivity contribution is 0.151. The van der Waals surface area contributed by atoms with Crippen LogP contribution in [0.25, 0.3) is 10.9 Å². The molecule has 0 N–H and O–H groups in total.